The van der Waals surface area contributed by atoms with Crippen LogP contribution in [-0.4, -0.2) is 12.0 Å². The molecule has 18 heavy (non-hydrogen) atoms. The molecule has 2 aromatic rings. The first-order chi connectivity index (χ1) is 8.70. The van der Waals surface area contributed by atoms with Crippen LogP contribution in [0.25, 0.3) is 0 Å². The van der Waals surface area contributed by atoms with Crippen LogP contribution in [-0.2, 0) is 6.54 Å². The summed E-state index contributed by atoms with van der Waals surface area (Å²) in [7, 11) is 1.96. The smallest absolute Gasteiger partial charge is 0.142 e. The molecule has 0 radical (unpaired) electrons. The highest BCUT2D eigenvalue weighted by atomic mass is 15.1. The van der Waals surface area contributed by atoms with Crippen LogP contribution < -0.4 is 10.6 Å². The molecule has 0 fully saturated rings. The molecular weight excluding hydrogens is 224 g/mol. The fourth-order valence-electron chi connectivity index (χ4n) is 1.74. The van der Waals surface area contributed by atoms with Gasteiger partial charge >= 0.3 is 0 Å². The number of hydrogen-bond donors (Lipinski definition) is 1. The number of para-hydroxylation sites is 1. The molecule has 4 heteroatoms. The Hall–Kier alpha value is -2.54. The first-order valence-electron chi connectivity index (χ1n) is 5.61. The van der Waals surface area contributed by atoms with Crippen molar-refractivity contribution in [1.82, 2.24) is 4.98 Å². The van der Waals surface area contributed by atoms with Crippen molar-refractivity contribution in [2.45, 2.75) is 6.54 Å². The molecule has 0 saturated heterocycles. The Morgan fingerprint density at radius 1 is 1.33 bits per heavy atom. The van der Waals surface area contributed by atoms with Gasteiger partial charge in [0.2, 0.25) is 0 Å². The van der Waals surface area contributed by atoms with E-state index in [-0.39, 0.29) is 0 Å². The molecule has 0 atom stereocenters. The summed E-state index contributed by atoms with van der Waals surface area (Å²) in [6, 6.07) is 13.4. The molecule has 0 aliphatic heterocycles. The Kier molecular flexibility index (Phi) is 3.44. The van der Waals surface area contributed by atoms with Gasteiger partial charge in [0.1, 0.15) is 11.8 Å². The maximum absolute atomic E-state index is 8.83. The SMILES string of the molecule is CN(Cc1ccccc1N)c1ccnc(C#N)c1. The van der Waals surface area contributed by atoms with Crippen LogP contribution in [0.2, 0.25) is 0 Å². The van der Waals surface area contributed by atoms with E-state index in [0.29, 0.717) is 12.2 Å². The third kappa shape index (κ3) is 2.58. The van der Waals surface area contributed by atoms with Crippen molar-refractivity contribution in [2.75, 3.05) is 17.7 Å². The fraction of sp³-hybridized carbons (Fsp3) is 0.143. The van der Waals surface area contributed by atoms with Crippen molar-refractivity contribution >= 4 is 11.4 Å². The van der Waals surface area contributed by atoms with Crippen LogP contribution in [0.3, 0.4) is 0 Å². The number of rotatable bonds is 3. The molecule has 0 amide bonds. The monoisotopic (exact) mass is 238 g/mol. The standard InChI is InChI=1S/C14H14N4/c1-18(10-11-4-2-3-5-14(11)16)13-6-7-17-12(8-13)9-15/h2-8H,10,16H2,1H3. The molecular formula is C14H14N4. The highest BCUT2D eigenvalue weighted by molar-refractivity contribution is 5.52. The van der Waals surface area contributed by atoms with E-state index in [0.717, 1.165) is 16.9 Å². The normalized spacial score (nSPS) is 9.78. The van der Waals surface area contributed by atoms with Crippen LogP contribution in [0.1, 0.15) is 11.3 Å². The number of nitrogens with zero attached hydrogens (tertiary/aromatic N) is 3. The summed E-state index contributed by atoms with van der Waals surface area (Å²) in [6.07, 6.45) is 1.64. The largest absolute Gasteiger partial charge is 0.398 e. The predicted molar refractivity (Wildman–Crippen MR) is 71.9 cm³/mol. The van der Waals surface area contributed by atoms with Gasteiger partial charge < -0.3 is 10.6 Å². The number of benzene rings is 1. The summed E-state index contributed by atoms with van der Waals surface area (Å²) in [5.41, 5.74) is 9.12. The van der Waals surface area contributed by atoms with Crippen LogP contribution >= 0.6 is 0 Å². The zero-order valence-electron chi connectivity index (χ0n) is 10.2. The van der Waals surface area contributed by atoms with Gasteiger partial charge in [-0.15, -0.1) is 0 Å². The topological polar surface area (TPSA) is 65.9 Å². The summed E-state index contributed by atoms with van der Waals surface area (Å²) in [5.74, 6) is 0. The molecule has 90 valence electrons. The maximum Gasteiger partial charge on any atom is 0.142 e. The van der Waals surface area contributed by atoms with E-state index in [4.69, 9.17) is 11.0 Å². The van der Waals surface area contributed by atoms with Crippen LogP contribution in [0.5, 0.6) is 0 Å². The molecule has 1 aromatic carbocycles. The lowest BCUT2D eigenvalue weighted by molar-refractivity contribution is 0.922. The molecule has 2 N–H and O–H groups in total. The Labute approximate surface area is 106 Å². The van der Waals surface area contributed by atoms with Gasteiger partial charge in [-0.25, -0.2) is 4.98 Å². The third-order valence-electron chi connectivity index (χ3n) is 2.76. The predicted octanol–water partition coefficient (Wildman–Crippen LogP) is 2.17. The van der Waals surface area contributed by atoms with Gasteiger partial charge in [-0.05, 0) is 23.8 Å². The fourth-order valence-corrected chi connectivity index (χ4v) is 1.74. The zero-order chi connectivity index (χ0) is 13.0. The summed E-state index contributed by atoms with van der Waals surface area (Å²) >= 11 is 0. The molecule has 1 aromatic heterocycles. The van der Waals surface area contributed by atoms with E-state index in [9.17, 15) is 0 Å². The molecule has 1 heterocycles. The van der Waals surface area contributed by atoms with E-state index < -0.39 is 0 Å². The number of nitrogens with two attached hydrogens (primary N) is 1. The number of nitrogen functional groups attached to an aromatic ring is 1. The van der Waals surface area contributed by atoms with Crippen LogP contribution in [0.15, 0.2) is 42.6 Å². The molecule has 2 rings (SSSR count). The first-order valence-corrected chi connectivity index (χ1v) is 5.61. The average Bonchev–Trinajstić information content (AvgIpc) is 2.41. The second kappa shape index (κ2) is 5.19. The third-order valence-corrected chi connectivity index (χ3v) is 2.76. The minimum Gasteiger partial charge on any atom is -0.398 e. The van der Waals surface area contributed by atoms with Crippen LogP contribution in [0.4, 0.5) is 11.4 Å². The van der Waals surface area contributed by atoms with E-state index in [1.807, 2.05) is 48.3 Å². The minimum absolute atomic E-state index is 0.417. The van der Waals surface area contributed by atoms with Crippen LogP contribution in [0, 0.1) is 11.3 Å². The van der Waals surface area contributed by atoms with Crippen molar-refractivity contribution in [2.24, 2.45) is 0 Å². The molecule has 0 saturated carbocycles. The number of nitriles is 1. The Balaban J connectivity index is 2.20. The number of hydrogen-bond acceptors (Lipinski definition) is 4. The summed E-state index contributed by atoms with van der Waals surface area (Å²) in [6.45, 7) is 0.696. The van der Waals surface area contributed by atoms with Crippen molar-refractivity contribution in [3.8, 4) is 6.07 Å². The van der Waals surface area contributed by atoms with E-state index >= 15 is 0 Å². The Morgan fingerprint density at radius 3 is 2.83 bits per heavy atom. The van der Waals surface area contributed by atoms with E-state index in [2.05, 4.69) is 4.98 Å². The van der Waals surface area contributed by atoms with Crippen molar-refractivity contribution in [3.05, 3.63) is 53.9 Å². The van der Waals surface area contributed by atoms with Gasteiger partial charge in [-0.1, -0.05) is 18.2 Å². The van der Waals surface area contributed by atoms with Crippen molar-refractivity contribution in [1.29, 1.82) is 5.26 Å². The number of anilines is 2. The Morgan fingerprint density at radius 2 is 2.11 bits per heavy atom. The lowest BCUT2D eigenvalue weighted by Gasteiger charge is -2.20. The zero-order valence-corrected chi connectivity index (χ0v) is 10.2. The summed E-state index contributed by atoms with van der Waals surface area (Å²) < 4.78 is 0. The number of aromatic nitrogens is 1. The van der Waals surface area contributed by atoms with Gasteiger partial charge in [0.15, 0.2) is 0 Å². The average molecular weight is 238 g/mol. The molecule has 0 spiro atoms. The van der Waals surface area contributed by atoms with Crippen molar-refractivity contribution in [3.63, 3.8) is 0 Å². The van der Waals surface area contributed by atoms with Gasteiger partial charge in [-0.3, -0.25) is 0 Å². The summed E-state index contributed by atoms with van der Waals surface area (Å²) in [5, 5.41) is 8.83. The lowest BCUT2D eigenvalue weighted by Crippen LogP contribution is -2.17. The molecule has 0 aliphatic carbocycles. The lowest BCUT2D eigenvalue weighted by atomic mass is 10.1. The highest BCUT2D eigenvalue weighted by Gasteiger charge is 2.05. The van der Waals surface area contributed by atoms with E-state index in [1.54, 1.807) is 12.3 Å². The minimum atomic E-state index is 0.417. The van der Waals surface area contributed by atoms with Gasteiger partial charge in [-0.2, -0.15) is 5.26 Å². The van der Waals surface area contributed by atoms with E-state index in [1.165, 1.54) is 0 Å². The molecule has 4 nitrogen and oxygen atoms in total. The number of pyridine rings is 1. The van der Waals surface area contributed by atoms with Gasteiger partial charge in [0, 0.05) is 31.2 Å². The Bertz CT molecular complexity index is 586. The van der Waals surface area contributed by atoms with Gasteiger partial charge in [0.25, 0.3) is 0 Å². The quantitative estimate of drug-likeness (QED) is 0.832. The van der Waals surface area contributed by atoms with Gasteiger partial charge in [0.05, 0.1) is 0 Å². The first kappa shape index (κ1) is 11.9. The maximum atomic E-state index is 8.83. The highest BCUT2D eigenvalue weighted by Crippen LogP contribution is 2.18. The molecule has 0 aliphatic rings. The summed E-state index contributed by atoms with van der Waals surface area (Å²) in [4.78, 5) is 5.99. The second-order valence-electron chi connectivity index (χ2n) is 4.07. The second-order valence-corrected chi connectivity index (χ2v) is 4.07. The molecule has 0 unspecified atom stereocenters. The van der Waals surface area contributed by atoms with Crippen molar-refractivity contribution < 1.29 is 0 Å². The molecule has 0 bridgehead atoms.